The molecule has 0 saturated carbocycles. The highest BCUT2D eigenvalue weighted by Gasteiger charge is 2.14. The molecule has 0 unspecified atom stereocenters. The second-order valence-electron chi connectivity index (χ2n) is 6.09. The van der Waals surface area contributed by atoms with Gasteiger partial charge in [0.15, 0.2) is 4.80 Å². The van der Waals surface area contributed by atoms with Gasteiger partial charge in [-0.15, -0.1) is 6.42 Å². The van der Waals surface area contributed by atoms with E-state index in [1.165, 1.54) is 11.3 Å². The lowest BCUT2D eigenvalue weighted by Crippen LogP contribution is -2.16. The zero-order valence-electron chi connectivity index (χ0n) is 15.2. The Kier molecular flexibility index (Phi) is 5.48. The molecule has 3 aromatic carbocycles. The summed E-state index contributed by atoms with van der Waals surface area (Å²) in [6.45, 7) is 0.262. The molecule has 29 heavy (non-hydrogen) atoms. The molecule has 0 atom stereocenters. The maximum Gasteiger partial charge on any atom is 0.283 e. The van der Waals surface area contributed by atoms with E-state index in [-0.39, 0.29) is 6.54 Å². The van der Waals surface area contributed by atoms with Crippen LogP contribution in [0.5, 0.6) is 11.5 Å². The molecule has 0 aliphatic rings. The number of benzene rings is 3. The van der Waals surface area contributed by atoms with Crippen molar-refractivity contribution in [2.24, 2.45) is 4.99 Å². The molecule has 0 radical (unpaired) electrons. The fraction of sp³-hybridized carbons (Fsp3) is 0.0435. The van der Waals surface area contributed by atoms with Gasteiger partial charge in [-0.05, 0) is 36.4 Å². The lowest BCUT2D eigenvalue weighted by Gasteiger charge is -2.08. The summed E-state index contributed by atoms with van der Waals surface area (Å²) in [5.41, 5.74) is 1.14. The topological polar surface area (TPSA) is 43.6 Å². The quantitative estimate of drug-likeness (QED) is 0.409. The minimum absolute atomic E-state index is 0.262. The number of hydrogen-bond donors (Lipinski definition) is 0. The van der Waals surface area contributed by atoms with Crippen molar-refractivity contribution in [3.05, 3.63) is 88.2 Å². The summed E-state index contributed by atoms with van der Waals surface area (Å²) >= 11 is 7.72. The van der Waals surface area contributed by atoms with Crippen LogP contribution in [0.3, 0.4) is 0 Å². The van der Waals surface area contributed by atoms with Crippen molar-refractivity contribution < 1.29 is 9.53 Å². The standard InChI is InChI=1S/C23H15ClN2O2S/c1-2-15-26-21-18(24)12-8-14-20(21)29-23(26)25-22(27)17-11-6-7-13-19(17)28-16-9-4-3-5-10-16/h1,3-14H,15H2. The van der Waals surface area contributed by atoms with E-state index in [9.17, 15) is 4.79 Å². The Morgan fingerprint density at radius 3 is 2.62 bits per heavy atom. The fourth-order valence-electron chi connectivity index (χ4n) is 2.91. The van der Waals surface area contributed by atoms with Crippen molar-refractivity contribution >= 4 is 39.1 Å². The molecule has 0 spiro atoms. The number of carbonyl (C=O) groups excluding carboxylic acids is 1. The zero-order chi connectivity index (χ0) is 20.2. The Morgan fingerprint density at radius 1 is 1.07 bits per heavy atom. The van der Waals surface area contributed by atoms with Gasteiger partial charge in [-0.3, -0.25) is 4.79 Å². The number of amides is 1. The predicted molar refractivity (Wildman–Crippen MR) is 117 cm³/mol. The van der Waals surface area contributed by atoms with E-state index in [0.29, 0.717) is 26.9 Å². The van der Waals surface area contributed by atoms with E-state index < -0.39 is 5.91 Å². The van der Waals surface area contributed by atoms with Crippen molar-refractivity contribution in [3.63, 3.8) is 0 Å². The first-order valence-corrected chi connectivity index (χ1v) is 9.99. The molecule has 4 rings (SSSR count). The number of aromatic nitrogens is 1. The number of rotatable bonds is 4. The van der Waals surface area contributed by atoms with E-state index in [4.69, 9.17) is 22.8 Å². The van der Waals surface area contributed by atoms with Gasteiger partial charge in [0.25, 0.3) is 5.91 Å². The highest BCUT2D eigenvalue weighted by atomic mass is 35.5. The highest BCUT2D eigenvalue weighted by molar-refractivity contribution is 7.16. The molecular weight excluding hydrogens is 404 g/mol. The fourth-order valence-corrected chi connectivity index (χ4v) is 4.29. The normalized spacial score (nSPS) is 11.4. The maximum atomic E-state index is 13.0. The molecule has 0 N–H and O–H groups in total. The molecule has 6 heteroatoms. The van der Waals surface area contributed by atoms with Gasteiger partial charge in [-0.1, -0.05) is 65.3 Å². The molecular formula is C23H15ClN2O2S. The molecule has 4 aromatic rings. The van der Waals surface area contributed by atoms with E-state index in [0.717, 1.165) is 10.2 Å². The predicted octanol–water partition coefficient (Wildman–Crippen LogP) is 5.52. The van der Waals surface area contributed by atoms with Crippen molar-refractivity contribution in [3.8, 4) is 23.8 Å². The van der Waals surface area contributed by atoms with Crippen molar-refractivity contribution in [1.82, 2.24) is 4.57 Å². The lowest BCUT2D eigenvalue weighted by molar-refractivity contribution is 0.0995. The summed E-state index contributed by atoms with van der Waals surface area (Å²) < 4.78 is 8.58. The summed E-state index contributed by atoms with van der Waals surface area (Å²) in [6, 6.07) is 21.9. The first-order valence-electron chi connectivity index (χ1n) is 8.79. The van der Waals surface area contributed by atoms with Gasteiger partial charge < -0.3 is 9.30 Å². The first-order chi connectivity index (χ1) is 14.2. The van der Waals surface area contributed by atoms with E-state index >= 15 is 0 Å². The van der Waals surface area contributed by atoms with Crippen LogP contribution in [0.15, 0.2) is 77.8 Å². The average Bonchev–Trinajstić information content (AvgIpc) is 3.08. The van der Waals surface area contributed by atoms with Crippen LogP contribution in [-0.4, -0.2) is 10.5 Å². The molecule has 0 aliphatic heterocycles. The second kappa shape index (κ2) is 8.36. The summed E-state index contributed by atoms with van der Waals surface area (Å²) in [5, 5.41) is 0.565. The minimum atomic E-state index is -0.412. The van der Waals surface area contributed by atoms with Gasteiger partial charge in [0.1, 0.15) is 11.5 Å². The Labute approximate surface area is 176 Å². The highest BCUT2D eigenvalue weighted by Crippen LogP contribution is 2.27. The van der Waals surface area contributed by atoms with E-state index in [1.807, 2.05) is 48.5 Å². The molecule has 0 fully saturated rings. The van der Waals surface area contributed by atoms with Crippen LogP contribution in [0.25, 0.3) is 10.2 Å². The van der Waals surface area contributed by atoms with Crippen LogP contribution in [0.4, 0.5) is 0 Å². The molecule has 1 aromatic heterocycles. The number of nitrogens with zero attached hydrogens (tertiary/aromatic N) is 2. The molecule has 4 nitrogen and oxygen atoms in total. The molecule has 1 amide bonds. The van der Waals surface area contributed by atoms with Crippen LogP contribution < -0.4 is 9.54 Å². The zero-order valence-corrected chi connectivity index (χ0v) is 16.8. The number of halogens is 1. The molecule has 0 aliphatic carbocycles. The van der Waals surface area contributed by atoms with E-state index in [1.54, 1.807) is 28.8 Å². The summed E-state index contributed by atoms with van der Waals surface area (Å²) in [4.78, 5) is 17.8. The third-order valence-corrected chi connectivity index (χ3v) is 5.54. The van der Waals surface area contributed by atoms with Crippen LogP contribution in [0.2, 0.25) is 5.02 Å². The smallest absolute Gasteiger partial charge is 0.283 e. The van der Waals surface area contributed by atoms with Crippen LogP contribution in [0.1, 0.15) is 10.4 Å². The summed E-state index contributed by atoms with van der Waals surface area (Å²) in [5.74, 6) is 3.27. The monoisotopic (exact) mass is 418 g/mol. The van der Waals surface area contributed by atoms with Gasteiger partial charge in [-0.25, -0.2) is 0 Å². The van der Waals surface area contributed by atoms with E-state index in [2.05, 4.69) is 10.9 Å². The maximum absolute atomic E-state index is 13.0. The Hall–Kier alpha value is -3.33. The molecule has 142 valence electrons. The molecule has 1 heterocycles. The van der Waals surface area contributed by atoms with Crippen LogP contribution in [-0.2, 0) is 6.54 Å². The minimum Gasteiger partial charge on any atom is -0.457 e. The number of fused-ring (bicyclic) bond motifs is 1. The number of thiazole rings is 1. The average molecular weight is 419 g/mol. The largest absolute Gasteiger partial charge is 0.457 e. The lowest BCUT2D eigenvalue weighted by atomic mass is 10.2. The Bertz CT molecular complexity index is 1300. The number of terminal acetylenes is 1. The number of hydrogen-bond acceptors (Lipinski definition) is 3. The van der Waals surface area contributed by atoms with Crippen molar-refractivity contribution in [2.45, 2.75) is 6.54 Å². The van der Waals surface area contributed by atoms with Crippen LogP contribution in [0, 0.1) is 12.3 Å². The molecule has 0 saturated heterocycles. The van der Waals surface area contributed by atoms with Gasteiger partial charge >= 0.3 is 0 Å². The second-order valence-corrected chi connectivity index (χ2v) is 7.51. The van der Waals surface area contributed by atoms with Gasteiger partial charge in [0.05, 0.1) is 27.3 Å². The number of para-hydroxylation sites is 3. The van der Waals surface area contributed by atoms with Gasteiger partial charge in [-0.2, -0.15) is 4.99 Å². The number of ether oxygens (including phenoxy) is 1. The van der Waals surface area contributed by atoms with Gasteiger partial charge in [0, 0.05) is 0 Å². The van der Waals surface area contributed by atoms with Crippen molar-refractivity contribution in [2.75, 3.05) is 0 Å². The third kappa shape index (κ3) is 3.95. The SMILES string of the molecule is C#CCn1c(=NC(=O)c2ccccc2Oc2ccccc2)sc2cccc(Cl)c21. The van der Waals surface area contributed by atoms with Crippen LogP contribution >= 0.6 is 22.9 Å². The van der Waals surface area contributed by atoms with Crippen molar-refractivity contribution in [1.29, 1.82) is 0 Å². The Morgan fingerprint density at radius 2 is 1.83 bits per heavy atom. The first kappa shape index (κ1) is 19.0. The van der Waals surface area contributed by atoms with Gasteiger partial charge in [0.2, 0.25) is 0 Å². The third-order valence-electron chi connectivity index (χ3n) is 4.19. The number of carbonyl (C=O) groups is 1. The molecule has 0 bridgehead atoms. The summed E-state index contributed by atoms with van der Waals surface area (Å²) in [6.07, 6.45) is 5.53. The summed E-state index contributed by atoms with van der Waals surface area (Å²) in [7, 11) is 0. The Balaban J connectivity index is 1.79.